The lowest BCUT2D eigenvalue weighted by molar-refractivity contribution is -0.192. The van der Waals surface area contributed by atoms with E-state index in [0.717, 1.165) is 32.5 Å². The largest absolute Gasteiger partial charge is 0.490 e. The van der Waals surface area contributed by atoms with Crippen molar-refractivity contribution in [2.24, 2.45) is 0 Å². The van der Waals surface area contributed by atoms with E-state index in [9.17, 15) is 21.6 Å². The number of benzene rings is 2. The van der Waals surface area contributed by atoms with Crippen molar-refractivity contribution in [2.45, 2.75) is 42.6 Å². The summed E-state index contributed by atoms with van der Waals surface area (Å²) in [5, 5.41) is 7.12. The number of carboxylic acids is 1. The maximum atomic E-state index is 13.4. The highest BCUT2D eigenvalue weighted by molar-refractivity contribution is 7.89. The number of fused-ring (bicyclic) bond motifs is 2. The summed E-state index contributed by atoms with van der Waals surface area (Å²) in [6.07, 6.45) is -3.75. The molecule has 1 N–H and O–H groups in total. The molecule has 1 saturated heterocycles. The molecular formula is C24H29F3N2O6S. The molecule has 198 valence electrons. The SMILES string of the molecule is COCCN1[C@H]2CCN(Cc3ccccc3)CC[C@@H]2Oc2ccccc2S1(=O)=O.O=C(O)C(F)(F)F. The molecule has 0 radical (unpaired) electrons. The molecule has 0 aromatic heterocycles. The number of carboxylic acid groups (broad SMARTS) is 1. The fourth-order valence-electron chi connectivity index (χ4n) is 4.28. The summed E-state index contributed by atoms with van der Waals surface area (Å²) in [5.41, 5.74) is 1.27. The van der Waals surface area contributed by atoms with Gasteiger partial charge in [0.1, 0.15) is 16.7 Å². The minimum atomic E-state index is -5.08. The first-order valence-corrected chi connectivity index (χ1v) is 12.8. The van der Waals surface area contributed by atoms with Gasteiger partial charge in [0.2, 0.25) is 10.0 Å². The molecule has 2 atom stereocenters. The van der Waals surface area contributed by atoms with Crippen molar-refractivity contribution in [3.05, 3.63) is 60.2 Å². The Balaban J connectivity index is 0.000000454. The number of rotatable bonds is 5. The van der Waals surface area contributed by atoms with Crippen molar-refractivity contribution in [2.75, 3.05) is 33.4 Å². The fourth-order valence-corrected chi connectivity index (χ4v) is 6.06. The summed E-state index contributed by atoms with van der Waals surface area (Å²) in [5.74, 6) is -2.30. The molecule has 1 fully saturated rings. The van der Waals surface area contributed by atoms with Gasteiger partial charge in [0.25, 0.3) is 0 Å². The van der Waals surface area contributed by atoms with Gasteiger partial charge in [0.05, 0.1) is 12.6 Å². The van der Waals surface area contributed by atoms with Gasteiger partial charge < -0.3 is 14.6 Å². The van der Waals surface area contributed by atoms with Crippen molar-refractivity contribution < 1.29 is 41.0 Å². The van der Waals surface area contributed by atoms with E-state index in [1.807, 2.05) is 12.1 Å². The molecule has 0 unspecified atom stereocenters. The third kappa shape index (κ3) is 6.96. The van der Waals surface area contributed by atoms with E-state index in [1.165, 1.54) is 5.56 Å². The molecule has 0 bridgehead atoms. The second-order valence-corrected chi connectivity index (χ2v) is 10.3. The van der Waals surface area contributed by atoms with Gasteiger partial charge in [0.15, 0.2) is 0 Å². The standard InChI is InChI=1S/C22H28N2O4S.C2HF3O2/c1-27-16-15-24-19-11-13-23(17-18-7-3-2-4-8-18)14-12-20(19)28-21-9-5-6-10-22(21)29(24,25)26;3-2(4,5)1(6)7/h2-10,19-20H,11-17H2,1H3;(H,6,7)/t19-,20-;/m0./s1. The van der Waals surface area contributed by atoms with Gasteiger partial charge >= 0.3 is 12.1 Å². The lowest BCUT2D eigenvalue weighted by atomic mass is 10.1. The van der Waals surface area contributed by atoms with Crippen LogP contribution < -0.4 is 4.74 Å². The van der Waals surface area contributed by atoms with E-state index in [1.54, 1.807) is 29.6 Å². The molecule has 0 aliphatic carbocycles. The number of nitrogens with zero attached hydrogens (tertiary/aromatic N) is 2. The lowest BCUT2D eigenvalue weighted by Crippen LogP contribution is -2.48. The molecule has 8 nitrogen and oxygen atoms in total. The Morgan fingerprint density at radius 2 is 1.69 bits per heavy atom. The molecular weight excluding hydrogens is 501 g/mol. The number of methoxy groups -OCH3 is 1. The number of para-hydroxylation sites is 1. The first-order chi connectivity index (χ1) is 17.0. The summed E-state index contributed by atoms with van der Waals surface area (Å²) in [7, 11) is -2.05. The van der Waals surface area contributed by atoms with E-state index in [4.69, 9.17) is 19.4 Å². The van der Waals surface area contributed by atoms with Gasteiger partial charge in [-0.25, -0.2) is 13.2 Å². The third-order valence-corrected chi connectivity index (χ3v) is 7.96. The van der Waals surface area contributed by atoms with Crippen LogP contribution in [0.4, 0.5) is 13.2 Å². The van der Waals surface area contributed by atoms with Crippen molar-refractivity contribution >= 4 is 16.0 Å². The number of likely N-dealkylation sites (tertiary alicyclic amines) is 1. The fraction of sp³-hybridized carbons (Fsp3) is 0.458. The zero-order valence-corrected chi connectivity index (χ0v) is 20.5. The van der Waals surface area contributed by atoms with Crippen LogP contribution in [0.1, 0.15) is 18.4 Å². The Hall–Kier alpha value is -2.67. The van der Waals surface area contributed by atoms with Crippen LogP contribution in [0, 0.1) is 0 Å². The maximum absolute atomic E-state index is 13.4. The van der Waals surface area contributed by atoms with Crippen LogP contribution in [-0.2, 0) is 26.1 Å². The Morgan fingerprint density at radius 1 is 1.08 bits per heavy atom. The first kappa shape index (κ1) is 27.9. The van der Waals surface area contributed by atoms with Gasteiger partial charge in [-0.2, -0.15) is 17.5 Å². The maximum Gasteiger partial charge on any atom is 0.490 e. The zero-order valence-electron chi connectivity index (χ0n) is 19.7. The number of carbonyl (C=O) groups is 1. The normalized spacial score (nSPS) is 22.0. The topological polar surface area (TPSA) is 96.4 Å². The average Bonchev–Trinajstić information content (AvgIpc) is 3.06. The molecule has 0 spiro atoms. The number of alkyl halides is 3. The Kier molecular flexibility index (Phi) is 9.34. The van der Waals surface area contributed by atoms with Gasteiger partial charge in [0, 0.05) is 33.3 Å². The van der Waals surface area contributed by atoms with Gasteiger partial charge in [-0.15, -0.1) is 0 Å². The second kappa shape index (κ2) is 12.0. The zero-order chi connectivity index (χ0) is 26.3. The predicted octanol–water partition coefficient (Wildman–Crippen LogP) is 3.38. The highest BCUT2D eigenvalue weighted by atomic mass is 32.2. The summed E-state index contributed by atoms with van der Waals surface area (Å²) in [6.45, 7) is 3.25. The van der Waals surface area contributed by atoms with Crippen LogP contribution in [0.2, 0.25) is 0 Å². The Labute approximate surface area is 208 Å². The van der Waals surface area contributed by atoms with E-state index in [2.05, 4.69) is 29.2 Å². The van der Waals surface area contributed by atoms with Crippen molar-refractivity contribution in [3.63, 3.8) is 0 Å². The van der Waals surface area contributed by atoms with Crippen molar-refractivity contribution in [1.29, 1.82) is 0 Å². The van der Waals surface area contributed by atoms with Crippen molar-refractivity contribution in [1.82, 2.24) is 9.21 Å². The third-order valence-electron chi connectivity index (χ3n) is 5.99. The monoisotopic (exact) mass is 530 g/mol. The van der Waals surface area contributed by atoms with Crippen LogP contribution in [0.3, 0.4) is 0 Å². The van der Waals surface area contributed by atoms with E-state index >= 15 is 0 Å². The molecule has 0 saturated carbocycles. The quantitative estimate of drug-likeness (QED) is 0.633. The molecule has 2 aliphatic rings. The van der Waals surface area contributed by atoms with Crippen LogP contribution in [0.5, 0.6) is 5.75 Å². The van der Waals surface area contributed by atoms with Crippen LogP contribution in [0.15, 0.2) is 59.5 Å². The number of halogens is 3. The van der Waals surface area contributed by atoms with Crippen molar-refractivity contribution in [3.8, 4) is 5.75 Å². The smallest absolute Gasteiger partial charge is 0.487 e. The Morgan fingerprint density at radius 3 is 2.33 bits per heavy atom. The number of ether oxygens (including phenoxy) is 2. The highest BCUT2D eigenvalue weighted by Gasteiger charge is 2.43. The Bertz CT molecular complexity index is 1110. The van der Waals surface area contributed by atoms with E-state index < -0.39 is 22.2 Å². The molecule has 2 aliphatic heterocycles. The molecule has 36 heavy (non-hydrogen) atoms. The lowest BCUT2D eigenvalue weighted by Gasteiger charge is -2.31. The molecule has 4 rings (SSSR count). The molecule has 2 aromatic carbocycles. The minimum Gasteiger partial charge on any atom is -0.487 e. The minimum absolute atomic E-state index is 0.175. The summed E-state index contributed by atoms with van der Waals surface area (Å²) >= 11 is 0. The second-order valence-electron chi connectivity index (χ2n) is 8.42. The van der Waals surface area contributed by atoms with Gasteiger partial charge in [-0.1, -0.05) is 42.5 Å². The average molecular weight is 531 g/mol. The van der Waals surface area contributed by atoms with Crippen LogP contribution in [-0.4, -0.2) is 80.4 Å². The number of sulfonamides is 1. The summed E-state index contributed by atoms with van der Waals surface area (Å²) in [4.78, 5) is 11.5. The van der Waals surface area contributed by atoms with E-state index in [-0.39, 0.29) is 17.0 Å². The van der Waals surface area contributed by atoms with E-state index in [0.29, 0.717) is 18.9 Å². The first-order valence-electron chi connectivity index (χ1n) is 11.4. The summed E-state index contributed by atoms with van der Waals surface area (Å²) in [6, 6.07) is 17.1. The number of hydrogen-bond donors (Lipinski definition) is 1. The predicted molar refractivity (Wildman–Crippen MR) is 125 cm³/mol. The van der Waals surface area contributed by atoms with Crippen LogP contribution >= 0.6 is 0 Å². The van der Waals surface area contributed by atoms with Gasteiger partial charge in [-0.05, 0) is 30.5 Å². The van der Waals surface area contributed by atoms with Crippen LogP contribution in [0.25, 0.3) is 0 Å². The van der Waals surface area contributed by atoms with Gasteiger partial charge in [-0.3, -0.25) is 4.90 Å². The molecule has 0 amide bonds. The molecule has 2 heterocycles. The molecule has 12 heteroatoms. The molecule has 2 aromatic rings. The number of aliphatic carboxylic acids is 1. The summed E-state index contributed by atoms with van der Waals surface area (Å²) < 4.78 is 71.8. The highest BCUT2D eigenvalue weighted by Crippen LogP contribution is 2.36. The number of hydrogen-bond acceptors (Lipinski definition) is 6.